The molecule has 7 heteroatoms. The molecule has 2 N–H and O–H groups in total. The van der Waals surface area contributed by atoms with Crippen LogP contribution >= 0.6 is 0 Å². The van der Waals surface area contributed by atoms with Crippen molar-refractivity contribution in [2.24, 2.45) is 11.8 Å². The second-order valence-corrected chi connectivity index (χ2v) is 8.84. The molecule has 1 saturated heterocycles. The lowest BCUT2D eigenvalue weighted by atomic mass is 9.85. The third-order valence-corrected chi connectivity index (χ3v) is 6.75. The van der Waals surface area contributed by atoms with Gasteiger partial charge in [0.2, 0.25) is 17.7 Å². The lowest BCUT2D eigenvalue weighted by Crippen LogP contribution is -2.41. The summed E-state index contributed by atoms with van der Waals surface area (Å²) in [6, 6.07) is 4.64. The summed E-state index contributed by atoms with van der Waals surface area (Å²) in [4.78, 5) is 38.2. The van der Waals surface area contributed by atoms with Crippen molar-refractivity contribution in [3.8, 4) is 0 Å². The van der Waals surface area contributed by atoms with Crippen LogP contribution in [0.15, 0.2) is 18.2 Å². The SMILES string of the molecule is O=C(Nc1ccc(N2CCCC2=O)c(F)c1)C1CCC(NC(=O)C2CCCC2)CC1. The highest BCUT2D eigenvalue weighted by Crippen LogP contribution is 2.30. The average Bonchev–Trinajstić information content (AvgIpc) is 3.41. The summed E-state index contributed by atoms with van der Waals surface area (Å²) in [6.45, 7) is 0.530. The van der Waals surface area contributed by atoms with Gasteiger partial charge in [0.25, 0.3) is 0 Å². The Morgan fingerprint density at radius 3 is 2.27 bits per heavy atom. The Morgan fingerprint density at radius 1 is 0.933 bits per heavy atom. The Morgan fingerprint density at radius 2 is 1.63 bits per heavy atom. The van der Waals surface area contributed by atoms with E-state index in [0.717, 1.165) is 44.9 Å². The summed E-state index contributed by atoms with van der Waals surface area (Å²) in [7, 11) is 0. The molecule has 4 rings (SSSR count). The lowest BCUT2D eigenvalue weighted by Gasteiger charge is -2.29. The third kappa shape index (κ3) is 4.65. The van der Waals surface area contributed by atoms with Gasteiger partial charge in [-0.3, -0.25) is 14.4 Å². The summed E-state index contributed by atoms with van der Waals surface area (Å²) in [5.74, 6) is -0.469. The summed E-state index contributed by atoms with van der Waals surface area (Å²) in [5, 5.41) is 5.97. The molecule has 0 bridgehead atoms. The van der Waals surface area contributed by atoms with Gasteiger partial charge in [-0.1, -0.05) is 12.8 Å². The minimum Gasteiger partial charge on any atom is -0.353 e. The van der Waals surface area contributed by atoms with Crippen LogP contribution in [0.4, 0.5) is 15.8 Å². The zero-order valence-corrected chi connectivity index (χ0v) is 17.3. The maximum Gasteiger partial charge on any atom is 0.227 e. The Kier molecular flexibility index (Phi) is 6.35. The molecule has 3 fully saturated rings. The minimum atomic E-state index is -0.499. The summed E-state index contributed by atoms with van der Waals surface area (Å²) in [6.07, 6.45) is 8.45. The topological polar surface area (TPSA) is 78.5 Å². The minimum absolute atomic E-state index is 0.0672. The fraction of sp³-hybridized carbons (Fsp3) is 0.609. The van der Waals surface area contributed by atoms with E-state index in [2.05, 4.69) is 10.6 Å². The first-order valence-corrected chi connectivity index (χ1v) is 11.2. The molecule has 0 spiro atoms. The van der Waals surface area contributed by atoms with E-state index >= 15 is 0 Å². The molecule has 0 atom stereocenters. The number of nitrogens with zero attached hydrogens (tertiary/aromatic N) is 1. The van der Waals surface area contributed by atoms with Crippen LogP contribution in [0.1, 0.15) is 64.2 Å². The van der Waals surface area contributed by atoms with E-state index in [1.54, 1.807) is 12.1 Å². The van der Waals surface area contributed by atoms with Crippen LogP contribution in [-0.2, 0) is 14.4 Å². The smallest absolute Gasteiger partial charge is 0.227 e. The molecule has 2 aliphatic carbocycles. The summed E-state index contributed by atoms with van der Waals surface area (Å²) >= 11 is 0. The number of carbonyl (C=O) groups is 3. The number of benzene rings is 1. The van der Waals surface area contributed by atoms with Crippen LogP contribution in [0.2, 0.25) is 0 Å². The number of anilines is 2. The maximum atomic E-state index is 14.5. The van der Waals surface area contributed by atoms with E-state index in [-0.39, 0.29) is 41.3 Å². The van der Waals surface area contributed by atoms with Crippen LogP contribution < -0.4 is 15.5 Å². The van der Waals surface area contributed by atoms with Crippen molar-refractivity contribution in [1.29, 1.82) is 0 Å². The van der Waals surface area contributed by atoms with Crippen molar-refractivity contribution < 1.29 is 18.8 Å². The van der Waals surface area contributed by atoms with E-state index in [1.807, 2.05) is 0 Å². The third-order valence-electron chi connectivity index (χ3n) is 6.75. The first-order valence-electron chi connectivity index (χ1n) is 11.2. The number of carbonyl (C=O) groups excluding carboxylic acids is 3. The molecule has 30 heavy (non-hydrogen) atoms. The molecule has 1 aliphatic heterocycles. The Balaban J connectivity index is 1.27. The van der Waals surface area contributed by atoms with Crippen LogP contribution in [-0.4, -0.2) is 30.3 Å². The molecule has 0 aromatic heterocycles. The molecule has 6 nitrogen and oxygen atoms in total. The van der Waals surface area contributed by atoms with E-state index < -0.39 is 5.82 Å². The number of hydrogen-bond donors (Lipinski definition) is 2. The van der Waals surface area contributed by atoms with Gasteiger partial charge in [0.15, 0.2) is 0 Å². The Hall–Kier alpha value is -2.44. The fourth-order valence-electron chi connectivity index (χ4n) is 4.96. The van der Waals surface area contributed by atoms with Crippen LogP contribution in [0.5, 0.6) is 0 Å². The standard InChI is InChI=1S/C23H30FN3O3/c24-19-14-18(11-12-20(19)27-13-3-6-21(27)28)26-23(30)16-7-9-17(10-8-16)25-22(29)15-4-1-2-5-15/h11-12,14-17H,1-10,13H2,(H,25,29)(H,26,30). The number of halogens is 1. The highest BCUT2D eigenvalue weighted by molar-refractivity contribution is 5.96. The van der Waals surface area contributed by atoms with Gasteiger partial charge in [-0.25, -0.2) is 4.39 Å². The van der Waals surface area contributed by atoms with Crippen molar-refractivity contribution in [2.75, 3.05) is 16.8 Å². The summed E-state index contributed by atoms with van der Waals surface area (Å²) < 4.78 is 14.5. The average molecular weight is 416 g/mol. The van der Waals surface area contributed by atoms with Gasteiger partial charge in [0, 0.05) is 36.5 Å². The Bertz CT molecular complexity index is 814. The molecule has 1 aromatic carbocycles. The van der Waals surface area contributed by atoms with Crippen molar-refractivity contribution >= 4 is 29.1 Å². The van der Waals surface area contributed by atoms with E-state index in [0.29, 0.717) is 31.5 Å². The largest absolute Gasteiger partial charge is 0.353 e. The highest BCUT2D eigenvalue weighted by Gasteiger charge is 2.30. The molecule has 3 aliphatic rings. The second-order valence-electron chi connectivity index (χ2n) is 8.84. The molecule has 0 unspecified atom stereocenters. The molecule has 3 amide bonds. The molecule has 0 radical (unpaired) electrons. The Labute approximate surface area is 176 Å². The van der Waals surface area contributed by atoms with Crippen LogP contribution in [0.3, 0.4) is 0 Å². The van der Waals surface area contributed by atoms with Gasteiger partial charge in [0.1, 0.15) is 5.82 Å². The zero-order chi connectivity index (χ0) is 21.1. The van der Waals surface area contributed by atoms with Gasteiger partial charge >= 0.3 is 0 Å². The number of amides is 3. The van der Waals surface area contributed by atoms with Crippen LogP contribution in [0.25, 0.3) is 0 Å². The molecule has 1 heterocycles. The van der Waals surface area contributed by atoms with Crippen molar-refractivity contribution in [3.05, 3.63) is 24.0 Å². The quantitative estimate of drug-likeness (QED) is 0.769. The molecule has 2 saturated carbocycles. The van der Waals surface area contributed by atoms with Gasteiger partial charge in [-0.15, -0.1) is 0 Å². The van der Waals surface area contributed by atoms with Gasteiger partial charge in [0.05, 0.1) is 5.69 Å². The van der Waals surface area contributed by atoms with Crippen molar-refractivity contribution in [1.82, 2.24) is 5.32 Å². The number of hydrogen-bond acceptors (Lipinski definition) is 3. The predicted molar refractivity (Wildman–Crippen MR) is 112 cm³/mol. The van der Waals surface area contributed by atoms with Gasteiger partial charge < -0.3 is 15.5 Å². The first kappa shape index (κ1) is 20.8. The monoisotopic (exact) mass is 415 g/mol. The van der Waals surface area contributed by atoms with Gasteiger partial charge in [-0.05, 0) is 63.1 Å². The molecular formula is C23H30FN3O3. The number of rotatable bonds is 5. The normalized spacial score (nSPS) is 24.8. The molecule has 162 valence electrons. The van der Waals surface area contributed by atoms with Gasteiger partial charge in [-0.2, -0.15) is 0 Å². The van der Waals surface area contributed by atoms with E-state index in [9.17, 15) is 18.8 Å². The van der Waals surface area contributed by atoms with E-state index in [4.69, 9.17) is 0 Å². The van der Waals surface area contributed by atoms with E-state index in [1.165, 1.54) is 11.0 Å². The lowest BCUT2D eigenvalue weighted by molar-refractivity contribution is -0.126. The maximum absolute atomic E-state index is 14.5. The van der Waals surface area contributed by atoms with Crippen molar-refractivity contribution in [3.63, 3.8) is 0 Å². The first-order chi connectivity index (χ1) is 14.5. The highest BCUT2D eigenvalue weighted by atomic mass is 19.1. The molecular weight excluding hydrogens is 385 g/mol. The summed E-state index contributed by atoms with van der Waals surface area (Å²) in [5.41, 5.74) is 0.679. The fourth-order valence-corrected chi connectivity index (χ4v) is 4.96. The predicted octanol–water partition coefficient (Wildman–Crippen LogP) is 3.76. The molecule has 1 aromatic rings. The van der Waals surface area contributed by atoms with Crippen molar-refractivity contribution in [2.45, 2.75) is 70.3 Å². The van der Waals surface area contributed by atoms with Crippen LogP contribution in [0, 0.1) is 17.7 Å². The zero-order valence-electron chi connectivity index (χ0n) is 17.3. The number of nitrogens with one attached hydrogen (secondary N) is 2. The second kappa shape index (κ2) is 9.14.